The highest BCUT2D eigenvalue weighted by atomic mass is 35.5. The number of aromatic nitrogens is 2. The molecular weight excluding hydrogens is 196 g/mol. The Balaban J connectivity index is 2.46. The van der Waals surface area contributed by atoms with Crippen molar-refractivity contribution in [1.29, 1.82) is 0 Å². The number of imidazole rings is 1. The van der Waals surface area contributed by atoms with E-state index in [1.807, 2.05) is 11.6 Å². The van der Waals surface area contributed by atoms with E-state index in [9.17, 15) is 0 Å². The van der Waals surface area contributed by atoms with Crippen LogP contribution in [0, 0.1) is 0 Å². The van der Waals surface area contributed by atoms with Crippen molar-refractivity contribution in [3.05, 3.63) is 17.2 Å². The molecule has 0 aliphatic rings. The zero-order chi connectivity index (χ0) is 8.97. The van der Waals surface area contributed by atoms with E-state index in [4.69, 9.17) is 16.7 Å². The zero-order valence-electron chi connectivity index (χ0n) is 6.83. The number of thioether (sulfide) groups is 1. The standard InChI is InChI=1S/C7H11ClN2OS/c1-10-6(8)4-9-7(10)5-12-3-2-11/h4,11H,2-3,5H2,1H3. The molecule has 5 heteroatoms. The molecule has 1 aromatic heterocycles. The average Bonchev–Trinajstić information content (AvgIpc) is 2.36. The van der Waals surface area contributed by atoms with Gasteiger partial charge in [0.15, 0.2) is 0 Å². The van der Waals surface area contributed by atoms with Crippen LogP contribution in [0.25, 0.3) is 0 Å². The van der Waals surface area contributed by atoms with Crippen molar-refractivity contribution in [2.24, 2.45) is 7.05 Å². The third-order valence-electron chi connectivity index (χ3n) is 1.49. The Hall–Kier alpha value is -0.190. The maximum absolute atomic E-state index is 8.54. The molecular formula is C7H11ClN2OS. The number of nitrogens with zero attached hydrogens (tertiary/aromatic N) is 2. The Morgan fingerprint density at radius 1 is 1.75 bits per heavy atom. The molecule has 0 atom stereocenters. The first-order valence-electron chi connectivity index (χ1n) is 3.60. The lowest BCUT2D eigenvalue weighted by Gasteiger charge is -2.00. The van der Waals surface area contributed by atoms with E-state index in [2.05, 4.69) is 4.98 Å². The van der Waals surface area contributed by atoms with E-state index in [-0.39, 0.29) is 6.61 Å². The molecule has 0 aliphatic carbocycles. The van der Waals surface area contributed by atoms with Crippen LogP contribution in [0.5, 0.6) is 0 Å². The quantitative estimate of drug-likeness (QED) is 0.755. The fraction of sp³-hybridized carbons (Fsp3) is 0.571. The van der Waals surface area contributed by atoms with E-state index < -0.39 is 0 Å². The molecule has 0 bridgehead atoms. The molecule has 3 nitrogen and oxygen atoms in total. The minimum absolute atomic E-state index is 0.211. The number of rotatable bonds is 4. The van der Waals surface area contributed by atoms with Crippen molar-refractivity contribution in [2.75, 3.05) is 12.4 Å². The first-order chi connectivity index (χ1) is 5.75. The molecule has 1 rings (SSSR count). The van der Waals surface area contributed by atoms with Gasteiger partial charge < -0.3 is 9.67 Å². The Labute approximate surface area is 80.8 Å². The molecule has 1 aromatic rings. The molecule has 0 spiro atoms. The van der Waals surface area contributed by atoms with Crippen molar-refractivity contribution in [3.63, 3.8) is 0 Å². The van der Waals surface area contributed by atoms with Crippen LogP contribution >= 0.6 is 23.4 Å². The summed E-state index contributed by atoms with van der Waals surface area (Å²) in [5, 5.41) is 9.19. The summed E-state index contributed by atoms with van der Waals surface area (Å²) < 4.78 is 1.84. The van der Waals surface area contributed by atoms with Gasteiger partial charge in [0.2, 0.25) is 0 Å². The lowest BCUT2D eigenvalue weighted by Crippen LogP contribution is -1.97. The van der Waals surface area contributed by atoms with E-state index in [1.54, 1.807) is 18.0 Å². The van der Waals surface area contributed by atoms with Crippen LogP contribution < -0.4 is 0 Å². The van der Waals surface area contributed by atoms with Gasteiger partial charge in [-0.25, -0.2) is 4.98 Å². The van der Waals surface area contributed by atoms with Crippen molar-refractivity contribution in [3.8, 4) is 0 Å². The number of aliphatic hydroxyl groups is 1. The zero-order valence-corrected chi connectivity index (χ0v) is 8.40. The first-order valence-corrected chi connectivity index (χ1v) is 5.13. The molecule has 0 aromatic carbocycles. The van der Waals surface area contributed by atoms with Gasteiger partial charge in [-0.1, -0.05) is 11.6 Å². The molecule has 0 aliphatic heterocycles. The van der Waals surface area contributed by atoms with Crippen LogP contribution in [0.15, 0.2) is 6.20 Å². The highest BCUT2D eigenvalue weighted by molar-refractivity contribution is 7.98. The highest BCUT2D eigenvalue weighted by Crippen LogP contribution is 2.14. The molecule has 0 fully saturated rings. The number of hydrogen-bond donors (Lipinski definition) is 1. The molecule has 1 heterocycles. The summed E-state index contributed by atoms with van der Waals surface area (Å²) in [6.07, 6.45) is 1.64. The number of halogens is 1. The molecule has 68 valence electrons. The van der Waals surface area contributed by atoms with E-state index >= 15 is 0 Å². The normalized spacial score (nSPS) is 10.6. The molecule has 0 amide bonds. The second-order valence-electron chi connectivity index (χ2n) is 2.33. The maximum atomic E-state index is 8.54. The van der Waals surface area contributed by atoms with Crippen LogP contribution in [0.1, 0.15) is 5.82 Å². The lowest BCUT2D eigenvalue weighted by molar-refractivity contribution is 0.322. The summed E-state index contributed by atoms with van der Waals surface area (Å²) in [4.78, 5) is 4.12. The van der Waals surface area contributed by atoms with E-state index in [0.29, 0.717) is 5.15 Å². The van der Waals surface area contributed by atoms with Gasteiger partial charge in [0.1, 0.15) is 11.0 Å². The van der Waals surface area contributed by atoms with Crippen LogP contribution in [0.3, 0.4) is 0 Å². The number of aliphatic hydroxyl groups excluding tert-OH is 1. The van der Waals surface area contributed by atoms with Crippen LogP contribution in [0.4, 0.5) is 0 Å². The van der Waals surface area contributed by atoms with Crippen molar-refractivity contribution >= 4 is 23.4 Å². The van der Waals surface area contributed by atoms with Crippen LogP contribution in [0.2, 0.25) is 5.15 Å². The largest absolute Gasteiger partial charge is 0.396 e. The second kappa shape index (κ2) is 4.74. The Morgan fingerprint density at radius 2 is 2.50 bits per heavy atom. The summed E-state index contributed by atoms with van der Waals surface area (Å²) in [6.45, 7) is 0.211. The van der Waals surface area contributed by atoms with Gasteiger partial charge in [-0.15, -0.1) is 0 Å². The number of hydrogen-bond acceptors (Lipinski definition) is 3. The van der Waals surface area contributed by atoms with Crippen molar-refractivity contribution < 1.29 is 5.11 Å². The van der Waals surface area contributed by atoms with Crippen LogP contribution in [-0.4, -0.2) is 27.0 Å². The van der Waals surface area contributed by atoms with Gasteiger partial charge in [-0.2, -0.15) is 11.8 Å². The fourth-order valence-corrected chi connectivity index (χ4v) is 1.66. The van der Waals surface area contributed by atoms with Gasteiger partial charge in [0.05, 0.1) is 18.6 Å². The second-order valence-corrected chi connectivity index (χ2v) is 3.82. The van der Waals surface area contributed by atoms with Gasteiger partial charge >= 0.3 is 0 Å². The summed E-state index contributed by atoms with van der Waals surface area (Å²) in [5.41, 5.74) is 0. The summed E-state index contributed by atoms with van der Waals surface area (Å²) in [5.74, 6) is 2.48. The summed E-state index contributed by atoms with van der Waals surface area (Å²) in [7, 11) is 1.88. The first kappa shape index (κ1) is 9.89. The average molecular weight is 207 g/mol. The molecule has 0 saturated heterocycles. The summed E-state index contributed by atoms with van der Waals surface area (Å²) in [6, 6.07) is 0. The maximum Gasteiger partial charge on any atom is 0.128 e. The van der Waals surface area contributed by atoms with Crippen molar-refractivity contribution in [2.45, 2.75) is 5.75 Å². The molecule has 12 heavy (non-hydrogen) atoms. The predicted octanol–water partition coefficient (Wildman–Crippen LogP) is 1.30. The van der Waals surface area contributed by atoms with Crippen LogP contribution in [-0.2, 0) is 12.8 Å². The van der Waals surface area contributed by atoms with E-state index in [0.717, 1.165) is 17.3 Å². The molecule has 0 saturated carbocycles. The monoisotopic (exact) mass is 206 g/mol. The summed E-state index contributed by atoms with van der Waals surface area (Å²) >= 11 is 7.43. The minimum atomic E-state index is 0.211. The fourth-order valence-electron chi connectivity index (χ4n) is 0.786. The third kappa shape index (κ3) is 2.40. The third-order valence-corrected chi connectivity index (χ3v) is 2.78. The van der Waals surface area contributed by atoms with Crippen molar-refractivity contribution in [1.82, 2.24) is 9.55 Å². The highest BCUT2D eigenvalue weighted by Gasteiger charge is 2.02. The predicted molar refractivity (Wildman–Crippen MR) is 51.5 cm³/mol. The van der Waals surface area contributed by atoms with Gasteiger partial charge in [0, 0.05) is 12.8 Å². The Kier molecular flexibility index (Phi) is 3.91. The lowest BCUT2D eigenvalue weighted by atomic mass is 10.7. The van der Waals surface area contributed by atoms with Gasteiger partial charge in [-0.05, 0) is 0 Å². The molecule has 0 radical (unpaired) electrons. The van der Waals surface area contributed by atoms with Gasteiger partial charge in [-0.3, -0.25) is 0 Å². The minimum Gasteiger partial charge on any atom is -0.396 e. The topological polar surface area (TPSA) is 38.0 Å². The van der Waals surface area contributed by atoms with Gasteiger partial charge in [0.25, 0.3) is 0 Å². The van der Waals surface area contributed by atoms with E-state index in [1.165, 1.54) is 0 Å². The Morgan fingerprint density at radius 3 is 3.00 bits per heavy atom. The molecule has 1 N–H and O–H groups in total. The SMILES string of the molecule is Cn1c(Cl)cnc1CSCCO. The smallest absolute Gasteiger partial charge is 0.128 e. The molecule has 0 unspecified atom stereocenters. The Bertz CT molecular complexity index is 252.